The average Bonchev–Trinajstić information content (AvgIpc) is 2.90. The fraction of sp³-hybridized carbons (Fsp3) is 0.625. The first-order chi connectivity index (χ1) is 9.80. The molecule has 1 N–H and O–H groups in total. The van der Waals surface area contributed by atoms with Gasteiger partial charge in [0.2, 0.25) is 10.0 Å². The molecule has 1 saturated carbocycles. The molecule has 2 fully saturated rings. The van der Waals surface area contributed by atoms with Gasteiger partial charge in [-0.2, -0.15) is 4.31 Å². The Morgan fingerprint density at radius 3 is 2.29 bits per heavy atom. The van der Waals surface area contributed by atoms with Gasteiger partial charge in [0.25, 0.3) is 0 Å². The van der Waals surface area contributed by atoms with Gasteiger partial charge < -0.3 is 5.11 Å². The highest BCUT2D eigenvalue weighted by atomic mass is 32.2. The molecule has 1 heterocycles. The van der Waals surface area contributed by atoms with Gasteiger partial charge in [-0.3, -0.25) is 0 Å². The Morgan fingerprint density at radius 2 is 1.71 bits per heavy atom. The summed E-state index contributed by atoms with van der Waals surface area (Å²) >= 11 is 0. The fourth-order valence-electron chi connectivity index (χ4n) is 4.09. The predicted molar refractivity (Wildman–Crippen MR) is 81.6 cm³/mol. The third kappa shape index (κ3) is 2.41. The second-order valence-electron chi connectivity index (χ2n) is 6.62. The van der Waals surface area contributed by atoms with Crippen LogP contribution in [-0.4, -0.2) is 37.0 Å². The van der Waals surface area contributed by atoms with E-state index in [4.69, 9.17) is 0 Å². The highest BCUT2D eigenvalue weighted by Gasteiger charge is 2.46. The van der Waals surface area contributed by atoms with Crippen molar-refractivity contribution in [2.75, 3.05) is 13.1 Å². The number of rotatable bonds is 2. The molecule has 1 aromatic carbocycles. The molecule has 1 aliphatic carbocycles. The van der Waals surface area contributed by atoms with Crippen molar-refractivity contribution in [2.45, 2.75) is 44.6 Å². The molecular weight excluding hydrogens is 286 g/mol. The summed E-state index contributed by atoms with van der Waals surface area (Å²) in [6.07, 6.45) is 1.41. The van der Waals surface area contributed by atoms with Gasteiger partial charge in [-0.25, -0.2) is 8.42 Å². The van der Waals surface area contributed by atoms with Crippen LogP contribution in [0.3, 0.4) is 0 Å². The molecule has 116 valence electrons. The number of aliphatic hydroxyl groups is 1. The lowest BCUT2D eigenvalue weighted by atomic mass is 10.00. The maximum Gasteiger partial charge on any atom is 0.243 e. The number of hydrogen-bond donors (Lipinski definition) is 1. The van der Waals surface area contributed by atoms with Crippen LogP contribution in [0.5, 0.6) is 0 Å². The maximum absolute atomic E-state index is 13.0. The van der Waals surface area contributed by atoms with E-state index in [0.29, 0.717) is 23.9 Å². The summed E-state index contributed by atoms with van der Waals surface area (Å²) in [4.78, 5) is 0.447. The lowest BCUT2D eigenvalue weighted by Gasteiger charge is -2.21. The predicted octanol–water partition coefficient (Wildman–Crippen LogP) is 2.00. The molecule has 0 amide bonds. The molecule has 2 aliphatic rings. The van der Waals surface area contributed by atoms with Crippen LogP contribution < -0.4 is 0 Å². The molecule has 21 heavy (non-hydrogen) atoms. The van der Waals surface area contributed by atoms with E-state index in [9.17, 15) is 13.5 Å². The summed E-state index contributed by atoms with van der Waals surface area (Å²) in [5.41, 5.74) is 2.70. The minimum atomic E-state index is -3.46. The Hall–Kier alpha value is -0.910. The number of aliphatic hydroxyl groups excluding tert-OH is 1. The average molecular weight is 309 g/mol. The summed E-state index contributed by atoms with van der Waals surface area (Å²) in [6, 6.07) is 3.84. The van der Waals surface area contributed by atoms with E-state index in [1.54, 1.807) is 4.31 Å². The standard InChI is InChI=1S/C16H23NO3S/c1-10-6-11(2)16(12(3)7-10)21(19,20)17-8-13-4-5-15(18)14(13)9-17/h6-7,13-15,18H,4-5,8-9H2,1-3H3. The van der Waals surface area contributed by atoms with Crippen molar-refractivity contribution in [3.63, 3.8) is 0 Å². The zero-order chi connectivity index (χ0) is 15.4. The molecule has 3 rings (SSSR count). The molecule has 0 aromatic heterocycles. The second-order valence-corrected chi connectivity index (χ2v) is 8.49. The van der Waals surface area contributed by atoms with E-state index >= 15 is 0 Å². The Balaban J connectivity index is 1.96. The van der Waals surface area contributed by atoms with Gasteiger partial charge >= 0.3 is 0 Å². The molecule has 0 spiro atoms. The highest BCUT2D eigenvalue weighted by molar-refractivity contribution is 7.89. The van der Waals surface area contributed by atoms with Crippen LogP contribution in [-0.2, 0) is 10.0 Å². The van der Waals surface area contributed by atoms with Crippen LogP contribution in [0.4, 0.5) is 0 Å². The monoisotopic (exact) mass is 309 g/mol. The maximum atomic E-state index is 13.0. The molecule has 1 saturated heterocycles. The van der Waals surface area contributed by atoms with Crippen LogP contribution in [0.1, 0.15) is 29.5 Å². The normalized spacial score (nSPS) is 29.8. The smallest absolute Gasteiger partial charge is 0.243 e. The third-order valence-electron chi connectivity index (χ3n) is 4.99. The fourth-order valence-corrected chi connectivity index (χ4v) is 6.04. The summed E-state index contributed by atoms with van der Waals surface area (Å²) < 4.78 is 27.5. The van der Waals surface area contributed by atoms with Crippen molar-refractivity contribution in [2.24, 2.45) is 11.8 Å². The third-order valence-corrected chi connectivity index (χ3v) is 7.13. The highest BCUT2D eigenvalue weighted by Crippen LogP contribution is 2.40. The van der Waals surface area contributed by atoms with E-state index in [1.807, 2.05) is 32.9 Å². The van der Waals surface area contributed by atoms with E-state index in [2.05, 4.69) is 0 Å². The van der Waals surface area contributed by atoms with Crippen molar-refractivity contribution in [3.05, 3.63) is 28.8 Å². The van der Waals surface area contributed by atoms with E-state index in [-0.39, 0.29) is 12.0 Å². The van der Waals surface area contributed by atoms with Crippen LogP contribution in [0, 0.1) is 32.6 Å². The van der Waals surface area contributed by atoms with Crippen molar-refractivity contribution in [1.82, 2.24) is 4.31 Å². The van der Waals surface area contributed by atoms with Crippen LogP contribution in [0.25, 0.3) is 0 Å². The Labute approximate surface area is 126 Å². The van der Waals surface area contributed by atoms with Crippen LogP contribution in [0.2, 0.25) is 0 Å². The molecule has 0 radical (unpaired) electrons. The summed E-state index contributed by atoms with van der Waals surface area (Å²) in [7, 11) is -3.46. The lowest BCUT2D eigenvalue weighted by Crippen LogP contribution is -2.32. The molecule has 1 aromatic rings. The molecule has 5 heteroatoms. The van der Waals surface area contributed by atoms with Crippen LogP contribution in [0.15, 0.2) is 17.0 Å². The van der Waals surface area contributed by atoms with Gasteiger partial charge in [-0.15, -0.1) is 0 Å². The van der Waals surface area contributed by atoms with Crippen molar-refractivity contribution in [3.8, 4) is 0 Å². The first-order valence-corrected chi connectivity index (χ1v) is 9.01. The van der Waals surface area contributed by atoms with Gasteiger partial charge in [0.1, 0.15) is 0 Å². The molecule has 1 aliphatic heterocycles. The van der Waals surface area contributed by atoms with Gasteiger partial charge in [0, 0.05) is 19.0 Å². The second kappa shape index (κ2) is 5.07. The summed E-state index contributed by atoms with van der Waals surface area (Å²) in [5.74, 6) is 0.437. The topological polar surface area (TPSA) is 57.6 Å². The Kier molecular flexibility index (Phi) is 3.62. The summed E-state index contributed by atoms with van der Waals surface area (Å²) in [5, 5.41) is 9.98. The number of aryl methyl sites for hydroxylation is 3. The van der Waals surface area contributed by atoms with E-state index in [0.717, 1.165) is 29.5 Å². The van der Waals surface area contributed by atoms with Crippen molar-refractivity contribution in [1.29, 1.82) is 0 Å². The van der Waals surface area contributed by atoms with Gasteiger partial charge in [0.15, 0.2) is 0 Å². The van der Waals surface area contributed by atoms with Crippen molar-refractivity contribution < 1.29 is 13.5 Å². The summed E-state index contributed by atoms with van der Waals surface area (Å²) in [6.45, 7) is 6.71. The Bertz CT molecular complexity index is 645. The largest absolute Gasteiger partial charge is 0.393 e. The molecule has 4 nitrogen and oxygen atoms in total. The zero-order valence-corrected chi connectivity index (χ0v) is 13.7. The first-order valence-electron chi connectivity index (χ1n) is 7.57. The number of fused-ring (bicyclic) bond motifs is 1. The molecular formula is C16H23NO3S. The SMILES string of the molecule is Cc1cc(C)c(S(=O)(=O)N2CC3CCC(O)C3C2)c(C)c1. The molecule has 3 unspecified atom stereocenters. The Morgan fingerprint density at radius 1 is 1.10 bits per heavy atom. The quantitative estimate of drug-likeness (QED) is 0.909. The minimum absolute atomic E-state index is 0.117. The van der Waals surface area contributed by atoms with Crippen molar-refractivity contribution >= 4 is 10.0 Å². The number of benzene rings is 1. The molecule has 3 atom stereocenters. The number of hydrogen-bond acceptors (Lipinski definition) is 3. The molecule has 0 bridgehead atoms. The van der Waals surface area contributed by atoms with E-state index in [1.165, 1.54) is 0 Å². The van der Waals surface area contributed by atoms with Crippen LogP contribution >= 0.6 is 0 Å². The lowest BCUT2D eigenvalue weighted by molar-refractivity contribution is 0.129. The van der Waals surface area contributed by atoms with Gasteiger partial charge in [-0.05, 0) is 50.7 Å². The minimum Gasteiger partial charge on any atom is -0.393 e. The van der Waals surface area contributed by atoms with Gasteiger partial charge in [-0.1, -0.05) is 17.7 Å². The van der Waals surface area contributed by atoms with Gasteiger partial charge in [0.05, 0.1) is 11.0 Å². The number of sulfonamides is 1. The number of nitrogens with zero attached hydrogens (tertiary/aromatic N) is 1. The van der Waals surface area contributed by atoms with E-state index < -0.39 is 10.0 Å². The zero-order valence-electron chi connectivity index (χ0n) is 12.8. The first kappa shape index (κ1) is 15.0.